The van der Waals surface area contributed by atoms with Crippen molar-refractivity contribution >= 4 is 17.2 Å². The number of hydrogen-bond donors (Lipinski definition) is 1. The molecule has 1 aliphatic carbocycles. The summed E-state index contributed by atoms with van der Waals surface area (Å²) < 4.78 is 0. The molecule has 3 nitrogen and oxygen atoms in total. The molecule has 1 atom stereocenters. The highest BCUT2D eigenvalue weighted by Gasteiger charge is 2.36. The number of thiophene rings is 1. The summed E-state index contributed by atoms with van der Waals surface area (Å²) in [7, 11) is 0. The van der Waals surface area contributed by atoms with E-state index in [9.17, 15) is 4.79 Å². The van der Waals surface area contributed by atoms with Crippen LogP contribution in [0.5, 0.6) is 0 Å². The van der Waals surface area contributed by atoms with Gasteiger partial charge in [0.2, 0.25) is 5.91 Å². The van der Waals surface area contributed by atoms with Gasteiger partial charge >= 0.3 is 0 Å². The maximum atomic E-state index is 12.7. The van der Waals surface area contributed by atoms with Gasteiger partial charge in [-0.3, -0.25) is 4.79 Å². The Morgan fingerprint density at radius 1 is 1.35 bits per heavy atom. The fourth-order valence-corrected chi connectivity index (χ4v) is 4.42. The number of nitrogens with two attached hydrogens (primary N) is 1. The zero-order chi connectivity index (χ0) is 14.0. The predicted octanol–water partition coefficient (Wildman–Crippen LogP) is 3.46. The van der Waals surface area contributed by atoms with Crippen molar-refractivity contribution in [3.63, 3.8) is 0 Å². The van der Waals surface area contributed by atoms with Crippen LogP contribution in [0.3, 0.4) is 0 Å². The largest absolute Gasteiger partial charge is 0.336 e. The summed E-state index contributed by atoms with van der Waals surface area (Å²) in [4.78, 5) is 14.7. The summed E-state index contributed by atoms with van der Waals surface area (Å²) in [6.07, 6.45) is 8.40. The Labute approximate surface area is 125 Å². The molecule has 20 heavy (non-hydrogen) atoms. The van der Waals surface area contributed by atoms with Crippen molar-refractivity contribution in [2.24, 2.45) is 5.73 Å². The third-order valence-electron chi connectivity index (χ3n) is 4.85. The van der Waals surface area contributed by atoms with Gasteiger partial charge < -0.3 is 10.6 Å². The van der Waals surface area contributed by atoms with Gasteiger partial charge in [0.05, 0.1) is 6.04 Å². The fourth-order valence-electron chi connectivity index (χ4n) is 3.71. The van der Waals surface area contributed by atoms with E-state index in [2.05, 4.69) is 21.7 Å². The summed E-state index contributed by atoms with van der Waals surface area (Å²) >= 11 is 1.71. The number of rotatable bonds is 3. The quantitative estimate of drug-likeness (QED) is 0.927. The molecular weight excluding hydrogens is 268 g/mol. The summed E-state index contributed by atoms with van der Waals surface area (Å²) in [5.41, 5.74) is 7.51. The first-order valence-corrected chi connectivity index (χ1v) is 8.73. The maximum absolute atomic E-state index is 12.7. The Morgan fingerprint density at radius 3 is 2.85 bits per heavy atom. The maximum Gasteiger partial charge on any atom is 0.224 e. The molecule has 1 aromatic rings. The molecule has 1 unspecified atom stereocenters. The number of likely N-dealkylation sites (tertiary alicyclic amines) is 1. The van der Waals surface area contributed by atoms with Crippen molar-refractivity contribution in [1.82, 2.24) is 4.90 Å². The Hall–Kier alpha value is -0.870. The van der Waals surface area contributed by atoms with Crippen molar-refractivity contribution in [3.05, 3.63) is 22.4 Å². The molecule has 1 aromatic heterocycles. The van der Waals surface area contributed by atoms with Gasteiger partial charge in [0.1, 0.15) is 0 Å². The molecule has 0 spiro atoms. The molecular formula is C16H24N2OS. The van der Waals surface area contributed by atoms with Crippen LogP contribution >= 0.6 is 11.3 Å². The second-order valence-electron chi connectivity index (χ2n) is 6.40. The van der Waals surface area contributed by atoms with Gasteiger partial charge in [-0.25, -0.2) is 0 Å². The summed E-state index contributed by atoms with van der Waals surface area (Å²) in [6.45, 7) is 0.898. The summed E-state index contributed by atoms with van der Waals surface area (Å²) in [5, 5.41) is 4.27. The monoisotopic (exact) mass is 292 g/mol. The van der Waals surface area contributed by atoms with E-state index < -0.39 is 0 Å². The Bertz CT molecular complexity index is 451. The van der Waals surface area contributed by atoms with E-state index in [4.69, 9.17) is 5.73 Å². The Kier molecular flexibility index (Phi) is 4.13. The number of nitrogens with zero attached hydrogens (tertiary/aromatic N) is 1. The van der Waals surface area contributed by atoms with E-state index >= 15 is 0 Å². The molecule has 0 bridgehead atoms. The number of hydrogen-bond acceptors (Lipinski definition) is 3. The van der Waals surface area contributed by atoms with Gasteiger partial charge in [0, 0.05) is 18.5 Å². The van der Waals surface area contributed by atoms with Crippen molar-refractivity contribution in [3.8, 4) is 0 Å². The highest BCUT2D eigenvalue weighted by Crippen LogP contribution is 2.36. The topological polar surface area (TPSA) is 46.3 Å². The lowest BCUT2D eigenvalue weighted by molar-refractivity contribution is -0.133. The van der Waals surface area contributed by atoms with Crippen LogP contribution in [-0.4, -0.2) is 22.9 Å². The summed E-state index contributed by atoms with van der Waals surface area (Å²) in [6, 6.07) is 2.45. The van der Waals surface area contributed by atoms with Gasteiger partial charge in [-0.1, -0.05) is 19.3 Å². The average molecular weight is 292 g/mol. The fraction of sp³-hybridized carbons (Fsp3) is 0.688. The zero-order valence-corrected chi connectivity index (χ0v) is 12.8. The Balaban J connectivity index is 1.67. The van der Waals surface area contributed by atoms with Crippen LogP contribution in [0.2, 0.25) is 0 Å². The van der Waals surface area contributed by atoms with Gasteiger partial charge in [0.15, 0.2) is 0 Å². The first kappa shape index (κ1) is 14.1. The normalized spacial score (nSPS) is 25.9. The molecule has 4 heteroatoms. The van der Waals surface area contributed by atoms with E-state index in [0.29, 0.717) is 12.5 Å². The second kappa shape index (κ2) is 5.86. The smallest absolute Gasteiger partial charge is 0.224 e. The van der Waals surface area contributed by atoms with E-state index in [0.717, 1.165) is 32.2 Å². The SMILES string of the molecule is NC1(CC(=O)N2CCCC2c2ccsc2)CCCCC1. The molecule has 0 radical (unpaired) electrons. The molecule has 1 amide bonds. The van der Waals surface area contributed by atoms with Crippen molar-refractivity contribution in [1.29, 1.82) is 0 Å². The average Bonchev–Trinajstić information content (AvgIpc) is 3.10. The van der Waals surface area contributed by atoms with Crippen LogP contribution < -0.4 is 5.73 Å². The minimum Gasteiger partial charge on any atom is -0.336 e. The minimum absolute atomic E-state index is 0.239. The lowest BCUT2D eigenvalue weighted by atomic mass is 9.80. The lowest BCUT2D eigenvalue weighted by Gasteiger charge is -2.35. The molecule has 1 saturated heterocycles. The van der Waals surface area contributed by atoms with Crippen molar-refractivity contribution < 1.29 is 4.79 Å². The Morgan fingerprint density at radius 2 is 2.15 bits per heavy atom. The van der Waals surface area contributed by atoms with Crippen LogP contribution in [0.15, 0.2) is 16.8 Å². The van der Waals surface area contributed by atoms with Gasteiger partial charge in [-0.05, 0) is 48.1 Å². The standard InChI is InChI=1S/C16H24N2OS/c17-16(7-2-1-3-8-16)11-15(19)18-9-4-5-14(18)13-6-10-20-12-13/h6,10,12,14H,1-5,7-9,11,17H2. The third-order valence-corrected chi connectivity index (χ3v) is 5.56. The van der Waals surface area contributed by atoms with E-state index in [1.54, 1.807) is 11.3 Å². The predicted molar refractivity (Wildman–Crippen MR) is 82.6 cm³/mol. The van der Waals surface area contributed by atoms with E-state index in [1.165, 1.54) is 24.8 Å². The first-order valence-electron chi connectivity index (χ1n) is 7.78. The minimum atomic E-state index is -0.239. The molecule has 1 saturated carbocycles. The van der Waals surface area contributed by atoms with Crippen molar-refractivity contribution in [2.75, 3.05) is 6.54 Å². The highest BCUT2D eigenvalue weighted by atomic mass is 32.1. The van der Waals surface area contributed by atoms with E-state index in [1.807, 2.05) is 0 Å². The molecule has 2 N–H and O–H groups in total. The van der Waals surface area contributed by atoms with Gasteiger partial charge in [-0.2, -0.15) is 11.3 Å². The lowest BCUT2D eigenvalue weighted by Crippen LogP contribution is -2.46. The molecule has 0 aromatic carbocycles. The van der Waals surface area contributed by atoms with Crippen LogP contribution in [0.25, 0.3) is 0 Å². The number of amides is 1. The molecule has 2 aliphatic rings. The van der Waals surface area contributed by atoms with Crippen LogP contribution in [0.1, 0.15) is 63.0 Å². The molecule has 110 valence electrons. The van der Waals surface area contributed by atoms with Gasteiger partial charge in [-0.15, -0.1) is 0 Å². The zero-order valence-electron chi connectivity index (χ0n) is 12.0. The highest BCUT2D eigenvalue weighted by molar-refractivity contribution is 7.07. The van der Waals surface area contributed by atoms with Crippen molar-refractivity contribution in [2.45, 2.75) is 62.9 Å². The van der Waals surface area contributed by atoms with Crippen LogP contribution in [0, 0.1) is 0 Å². The molecule has 2 heterocycles. The number of carbonyl (C=O) groups excluding carboxylic acids is 1. The molecule has 2 fully saturated rings. The molecule has 1 aliphatic heterocycles. The van der Waals surface area contributed by atoms with Gasteiger partial charge in [0.25, 0.3) is 0 Å². The summed E-state index contributed by atoms with van der Waals surface area (Å²) in [5.74, 6) is 0.267. The first-order chi connectivity index (χ1) is 9.68. The molecule has 3 rings (SSSR count). The van der Waals surface area contributed by atoms with E-state index in [-0.39, 0.29) is 11.4 Å². The third kappa shape index (κ3) is 2.91. The van der Waals surface area contributed by atoms with Crippen LogP contribution in [0.4, 0.5) is 0 Å². The second-order valence-corrected chi connectivity index (χ2v) is 7.18. The number of carbonyl (C=O) groups is 1. The van der Waals surface area contributed by atoms with Crippen LogP contribution in [-0.2, 0) is 4.79 Å².